The number of amides is 2. The van der Waals surface area contributed by atoms with Crippen LogP contribution < -0.4 is 10.1 Å². The normalized spacial score (nSPS) is 17.1. The van der Waals surface area contributed by atoms with Crippen LogP contribution in [0.1, 0.15) is 11.6 Å². The van der Waals surface area contributed by atoms with Gasteiger partial charge >= 0.3 is 0 Å². The second kappa shape index (κ2) is 7.76. The number of benzene rings is 2. The fourth-order valence-corrected chi connectivity index (χ4v) is 3.18. The second-order valence-electron chi connectivity index (χ2n) is 5.55. The third-order valence-corrected chi connectivity index (χ3v) is 4.42. The summed E-state index contributed by atoms with van der Waals surface area (Å²) in [7, 11) is 0. The fourth-order valence-electron chi connectivity index (χ4n) is 2.72. The Balaban J connectivity index is 1.74. The zero-order valence-corrected chi connectivity index (χ0v) is 14.8. The minimum atomic E-state index is -0.660. The van der Waals surface area contributed by atoms with E-state index in [0.717, 1.165) is 5.56 Å². The van der Waals surface area contributed by atoms with Crippen molar-refractivity contribution in [1.82, 2.24) is 10.2 Å². The van der Waals surface area contributed by atoms with Crippen LogP contribution in [-0.2, 0) is 9.59 Å². The first-order valence-electron chi connectivity index (χ1n) is 7.76. The number of hydrogen-bond donors (Lipinski definition) is 1. The zero-order valence-electron chi connectivity index (χ0n) is 13.2. The molecule has 0 radical (unpaired) electrons. The summed E-state index contributed by atoms with van der Waals surface area (Å²) in [5.41, 5.74) is 0.762. The molecule has 3 rings (SSSR count). The predicted octanol–water partition coefficient (Wildman–Crippen LogP) is 3.07. The van der Waals surface area contributed by atoms with E-state index in [-0.39, 0.29) is 18.4 Å². The molecule has 0 bridgehead atoms. The molecule has 1 unspecified atom stereocenters. The van der Waals surface area contributed by atoms with Crippen molar-refractivity contribution in [2.24, 2.45) is 0 Å². The van der Waals surface area contributed by atoms with E-state index < -0.39 is 6.04 Å². The van der Waals surface area contributed by atoms with E-state index in [1.54, 1.807) is 18.2 Å². The van der Waals surface area contributed by atoms with Crippen LogP contribution in [0.25, 0.3) is 0 Å². The van der Waals surface area contributed by atoms with Gasteiger partial charge in [0, 0.05) is 18.1 Å². The zero-order chi connectivity index (χ0) is 17.8. The van der Waals surface area contributed by atoms with Crippen LogP contribution in [0.5, 0.6) is 5.75 Å². The highest BCUT2D eigenvalue weighted by atomic mass is 35.5. The van der Waals surface area contributed by atoms with Crippen molar-refractivity contribution < 1.29 is 14.3 Å². The first-order chi connectivity index (χ1) is 12.1. The lowest BCUT2D eigenvalue weighted by atomic mass is 10.0. The topological polar surface area (TPSA) is 58.6 Å². The van der Waals surface area contributed by atoms with Gasteiger partial charge in [-0.1, -0.05) is 53.5 Å². The van der Waals surface area contributed by atoms with Gasteiger partial charge in [-0.3, -0.25) is 9.59 Å². The Hall–Kier alpha value is -2.24. The van der Waals surface area contributed by atoms with E-state index in [4.69, 9.17) is 27.9 Å². The molecule has 2 amide bonds. The molecular weight excluding hydrogens is 363 g/mol. The van der Waals surface area contributed by atoms with Crippen molar-refractivity contribution in [3.63, 3.8) is 0 Å². The molecule has 2 aromatic rings. The Morgan fingerprint density at radius 3 is 2.68 bits per heavy atom. The minimum absolute atomic E-state index is 0.199. The van der Waals surface area contributed by atoms with Gasteiger partial charge in [0.05, 0.1) is 5.02 Å². The largest absolute Gasteiger partial charge is 0.482 e. The first-order valence-corrected chi connectivity index (χ1v) is 8.52. The molecule has 25 heavy (non-hydrogen) atoms. The van der Waals surface area contributed by atoms with Crippen LogP contribution in [0.4, 0.5) is 0 Å². The van der Waals surface area contributed by atoms with Crippen LogP contribution in [0.3, 0.4) is 0 Å². The van der Waals surface area contributed by atoms with Gasteiger partial charge in [-0.2, -0.15) is 0 Å². The van der Waals surface area contributed by atoms with Gasteiger partial charge in [0.1, 0.15) is 11.8 Å². The molecule has 1 fully saturated rings. The molecule has 1 aliphatic heterocycles. The van der Waals surface area contributed by atoms with Gasteiger partial charge in [-0.15, -0.1) is 0 Å². The second-order valence-corrected chi connectivity index (χ2v) is 6.40. The quantitative estimate of drug-likeness (QED) is 0.889. The van der Waals surface area contributed by atoms with Crippen LogP contribution in [0.2, 0.25) is 10.0 Å². The van der Waals surface area contributed by atoms with Crippen molar-refractivity contribution in [1.29, 1.82) is 0 Å². The minimum Gasteiger partial charge on any atom is -0.482 e. The Bertz CT molecular complexity index is 783. The van der Waals surface area contributed by atoms with E-state index in [1.165, 1.54) is 4.90 Å². The summed E-state index contributed by atoms with van der Waals surface area (Å²) < 4.78 is 5.51. The maximum atomic E-state index is 12.6. The number of carbonyl (C=O) groups excluding carboxylic acids is 2. The highest BCUT2D eigenvalue weighted by Gasteiger charge is 2.34. The summed E-state index contributed by atoms with van der Waals surface area (Å²) in [6, 6.07) is 13.3. The number of nitrogens with one attached hydrogen (secondary N) is 1. The summed E-state index contributed by atoms with van der Waals surface area (Å²) in [5.74, 6) is -0.109. The predicted molar refractivity (Wildman–Crippen MR) is 95.9 cm³/mol. The van der Waals surface area contributed by atoms with E-state index >= 15 is 0 Å². The standard InChI is InChI=1S/C18H16Cl2N2O3/c19-13-6-7-15(14(20)10-13)25-11-16(23)22-9-8-21-18(24)17(22)12-4-2-1-3-5-12/h1-7,10,17H,8-9,11H2,(H,21,24). The number of nitrogens with zero attached hydrogens (tertiary/aromatic N) is 1. The number of rotatable bonds is 4. The fraction of sp³-hybridized carbons (Fsp3) is 0.222. The lowest BCUT2D eigenvalue weighted by molar-refractivity contribution is -0.145. The highest BCUT2D eigenvalue weighted by molar-refractivity contribution is 6.35. The summed E-state index contributed by atoms with van der Waals surface area (Å²) in [6.07, 6.45) is 0. The average Bonchev–Trinajstić information content (AvgIpc) is 2.61. The third-order valence-electron chi connectivity index (χ3n) is 3.89. The summed E-state index contributed by atoms with van der Waals surface area (Å²) >= 11 is 11.9. The van der Waals surface area contributed by atoms with E-state index in [1.807, 2.05) is 30.3 Å². The molecule has 130 valence electrons. The average molecular weight is 379 g/mol. The van der Waals surface area contributed by atoms with Crippen LogP contribution >= 0.6 is 23.2 Å². The van der Waals surface area contributed by atoms with Crippen molar-refractivity contribution in [2.45, 2.75) is 6.04 Å². The Morgan fingerprint density at radius 2 is 1.96 bits per heavy atom. The van der Waals surface area contributed by atoms with E-state index in [2.05, 4.69) is 5.32 Å². The number of halogens is 2. The lowest BCUT2D eigenvalue weighted by Gasteiger charge is -2.35. The Morgan fingerprint density at radius 1 is 1.20 bits per heavy atom. The molecule has 2 aromatic carbocycles. The molecule has 0 saturated carbocycles. The van der Waals surface area contributed by atoms with Crippen molar-refractivity contribution in [3.8, 4) is 5.75 Å². The number of ether oxygens (including phenoxy) is 1. The highest BCUT2D eigenvalue weighted by Crippen LogP contribution is 2.28. The number of hydrogen-bond acceptors (Lipinski definition) is 3. The first kappa shape index (κ1) is 17.6. The van der Waals surface area contributed by atoms with Gasteiger partial charge in [0.15, 0.2) is 6.61 Å². The summed E-state index contributed by atoms with van der Waals surface area (Å²) in [5, 5.41) is 3.61. The van der Waals surface area contributed by atoms with E-state index in [0.29, 0.717) is 28.9 Å². The van der Waals surface area contributed by atoms with Crippen molar-refractivity contribution >= 4 is 35.0 Å². The SMILES string of the molecule is O=C1NCCN(C(=O)COc2ccc(Cl)cc2Cl)C1c1ccccc1. The van der Waals surface area contributed by atoms with Gasteiger partial charge in [0.2, 0.25) is 5.91 Å². The molecular formula is C18H16Cl2N2O3. The molecule has 0 aromatic heterocycles. The van der Waals surface area contributed by atoms with Crippen LogP contribution in [-0.4, -0.2) is 36.4 Å². The number of carbonyl (C=O) groups is 2. The molecule has 7 heteroatoms. The smallest absolute Gasteiger partial charge is 0.261 e. The maximum absolute atomic E-state index is 12.6. The van der Waals surface area contributed by atoms with Gasteiger partial charge in [-0.05, 0) is 23.8 Å². The molecule has 5 nitrogen and oxygen atoms in total. The molecule has 0 aliphatic carbocycles. The van der Waals surface area contributed by atoms with Crippen LogP contribution in [0, 0.1) is 0 Å². The summed E-state index contributed by atoms with van der Waals surface area (Å²) in [4.78, 5) is 26.5. The summed E-state index contributed by atoms with van der Waals surface area (Å²) in [6.45, 7) is 0.620. The van der Waals surface area contributed by atoms with Crippen LogP contribution in [0.15, 0.2) is 48.5 Å². The third kappa shape index (κ3) is 4.06. The maximum Gasteiger partial charge on any atom is 0.261 e. The van der Waals surface area contributed by atoms with Crippen molar-refractivity contribution in [3.05, 3.63) is 64.1 Å². The Labute approximate surface area is 155 Å². The molecule has 1 heterocycles. The lowest BCUT2D eigenvalue weighted by Crippen LogP contribution is -2.53. The Kier molecular flexibility index (Phi) is 5.46. The molecule has 1 N–H and O–H groups in total. The molecule has 1 aliphatic rings. The van der Waals surface area contributed by atoms with E-state index in [9.17, 15) is 9.59 Å². The number of piperazine rings is 1. The van der Waals surface area contributed by atoms with Gasteiger partial charge in [-0.25, -0.2) is 0 Å². The monoisotopic (exact) mass is 378 g/mol. The van der Waals surface area contributed by atoms with Gasteiger partial charge in [0.25, 0.3) is 5.91 Å². The molecule has 0 spiro atoms. The van der Waals surface area contributed by atoms with Gasteiger partial charge < -0.3 is 15.0 Å². The molecule has 1 saturated heterocycles. The van der Waals surface area contributed by atoms with Crippen molar-refractivity contribution in [2.75, 3.05) is 19.7 Å². The molecule has 1 atom stereocenters.